The van der Waals surface area contributed by atoms with Gasteiger partial charge in [0.25, 0.3) is 0 Å². The highest BCUT2D eigenvalue weighted by Crippen LogP contribution is 2.33. The van der Waals surface area contributed by atoms with Gasteiger partial charge in [-0.05, 0) is 43.4 Å². The van der Waals surface area contributed by atoms with E-state index in [1.165, 1.54) is 5.56 Å². The average molecular weight is 382 g/mol. The molecule has 0 unspecified atom stereocenters. The van der Waals surface area contributed by atoms with Crippen molar-refractivity contribution in [1.82, 2.24) is 9.46 Å². The van der Waals surface area contributed by atoms with Gasteiger partial charge in [0.05, 0.1) is 10.6 Å². The number of benzene rings is 2. The van der Waals surface area contributed by atoms with Crippen molar-refractivity contribution in [3.05, 3.63) is 71.4 Å². The van der Waals surface area contributed by atoms with Crippen LogP contribution in [0.1, 0.15) is 29.2 Å². The molecule has 0 amide bonds. The van der Waals surface area contributed by atoms with Crippen LogP contribution in [0.25, 0.3) is 11.3 Å². The third-order valence-corrected chi connectivity index (χ3v) is 7.15. The molecule has 0 aliphatic carbocycles. The first-order valence-electron chi connectivity index (χ1n) is 9.04. The fraction of sp³-hybridized carbons (Fsp3) is 0.286. The maximum Gasteiger partial charge on any atom is 0.243 e. The van der Waals surface area contributed by atoms with Crippen molar-refractivity contribution in [1.29, 1.82) is 0 Å². The predicted octanol–water partition coefficient (Wildman–Crippen LogP) is 4.14. The second kappa shape index (κ2) is 6.94. The van der Waals surface area contributed by atoms with Crippen LogP contribution < -0.4 is 0 Å². The van der Waals surface area contributed by atoms with Crippen LogP contribution in [0.3, 0.4) is 0 Å². The monoisotopic (exact) mass is 382 g/mol. The molecule has 140 valence electrons. The number of aromatic nitrogens is 1. The molecule has 0 bridgehead atoms. The van der Waals surface area contributed by atoms with Crippen molar-refractivity contribution in [2.24, 2.45) is 0 Å². The van der Waals surface area contributed by atoms with Crippen molar-refractivity contribution in [2.75, 3.05) is 13.1 Å². The maximum atomic E-state index is 13.3. The highest BCUT2D eigenvalue weighted by atomic mass is 32.2. The summed E-state index contributed by atoms with van der Waals surface area (Å²) in [5, 5.41) is 3.89. The minimum absolute atomic E-state index is 0.237. The average Bonchev–Trinajstić information content (AvgIpc) is 3.32. The molecule has 1 aliphatic heterocycles. The Morgan fingerprint density at radius 2 is 1.85 bits per heavy atom. The standard InChI is InChI=1S/C21H22N2O3S/c1-15-8-9-18(20-12-16(2)22-26-20)13-21(15)27(24,25)23-11-10-19(14-23)17-6-4-3-5-7-17/h3-9,12-13,19H,10-11,14H2,1-2H3/t19-/m1/s1. The van der Waals surface area contributed by atoms with E-state index in [-0.39, 0.29) is 5.92 Å². The van der Waals surface area contributed by atoms with Gasteiger partial charge in [-0.3, -0.25) is 0 Å². The van der Waals surface area contributed by atoms with Gasteiger partial charge < -0.3 is 4.52 Å². The first kappa shape index (κ1) is 17.9. The summed E-state index contributed by atoms with van der Waals surface area (Å²) in [6.45, 7) is 4.71. The lowest BCUT2D eigenvalue weighted by Gasteiger charge is -2.18. The summed E-state index contributed by atoms with van der Waals surface area (Å²) in [4.78, 5) is 0.336. The van der Waals surface area contributed by atoms with Crippen LogP contribution in [0.5, 0.6) is 0 Å². The Morgan fingerprint density at radius 1 is 1.07 bits per heavy atom. The van der Waals surface area contributed by atoms with Gasteiger partial charge >= 0.3 is 0 Å². The molecule has 0 radical (unpaired) electrons. The van der Waals surface area contributed by atoms with Crippen LogP contribution in [0, 0.1) is 13.8 Å². The maximum absolute atomic E-state index is 13.3. The largest absolute Gasteiger partial charge is 0.356 e. The molecule has 1 saturated heterocycles. The van der Waals surface area contributed by atoms with Gasteiger partial charge in [-0.15, -0.1) is 0 Å². The molecule has 1 fully saturated rings. The first-order valence-corrected chi connectivity index (χ1v) is 10.5. The second-order valence-corrected chi connectivity index (χ2v) is 8.98. The molecule has 1 atom stereocenters. The zero-order valence-electron chi connectivity index (χ0n) is 15.4. The molecule has 0 saturated carbocycles. The summed E-state index contributed by atoms with van der Waals surface area (Å²) in [5.41, 5.74) is 3.41. The van der Waals surface area contributed by atoms with Crippen LogP contribution in [-0.2, 0) is 10.0 Å². The first-order chi connectivity index (χ1) is 12.9. The summed E-state index contributed by atoms with van der Waals surface area (Å²) in [6.07, 6.45) is 0.837. The van der Waals surface area contributed by atoms with Crippen molar-refractivity contribution >= 4 is 10.0 Å². The smallest absolute Gasteiger partial charge is 0.243 e. The number of sulfonamides is 1. The van der Waals surface area contributed by atoms with Gasteiger partial charge in [0.1, 0.15) is 0 Å². The SMILES string of the molecule is Cc1cc(-c2ccc(C)c(S(=O)(=O)N3CC[C@@H](c4ccccc4)C3)c2)on1. The molecule has 0 spiro atoms. The van der Waals surface area contributed by atoms with Crippen molar-refractivity contribution in [2.45, 2.75) is 31.1 Å². The molecule has 27 heavy (non-hydrogen) atoms. The molecule has 1 aliphatic rings. The van der Waals surface area contributed by atoms with Gasteiger partial charge in [0.15, 0.2) is 5.76 Å². The van der Waals surface area contributed by atoms with E-state index in [1.807, 2.05) is 50.2 Å². The lowest BCUT2D eigenvalue weighted by Crippen LogP contribution is -2.29. The highest BCUT2D eigenvalue weighted by molar-refractivity contribution is 7.89. The van der Waals surface area contributed by atoms with Gasteiger partial charge in [0, 0.05) is 24.7 Å². The van der Waals surface area contributed by atoms with E-state index in [4.69, 9.17) is 4.52 Å². The van der Waals surface area contributed by atoms with Crippen LogP contribution >= 0.6 is 0 Å². The third-order valence-electron chi connectivity index (χ3n) is 5.14. The Bertz CT molecular complexity index is 1060. The van der Waals surface area contributed by atoms with Crippen LogP contribution in [0.2, 0.25) is 0 Å². The number of hydrogen-bond donors (Lipinski definition) is 0. The molecule has 2 heterocycles. The molecule has 5 nitrogen and oxygen atoms in total. The third kappa shape index (κ3) is 3.42. The molecule has 6 heteroatoms. The summed E-state index contributed by atoms with van der Waals surface area (Å²) in [5.74, 6) is 0.814. The van der Waals surface area contributed by atoms with Crippen molar-refractivity contribution < 1.29 is 12.9 Å². The Morgan fingerprint density at radius 3 is 2.56 bits per heavy atom. The van der Waals surface area contributed by atoms with Crippen LogP contribution in [0.4, 0.5) is 0 Å². The minimum atomic E-state index is -3.56. The molecule has 2 aromatic carbocycles. The number of rotatable bonds is 4. The molecule has 3 aromatic rings. The van der Waals surface area contributed by atoms with Gasteiger partial charge in [-0.1, -0.05) is 47.6 Å². The number of hydrogen-bond acceptors (Lipinski definition) is 4. The fourth-order valence-corrected chi connectivity index (χ4v) is 5.36. The van der Waals surface area contributed by atoms with E-state index >= 15 is 0 Å². The van der Waals surface area contributed by atoms with E-state index < -0.39 is 10.0 Å². The lowest BCUT2D eigenvalue weighted by atomic mass is 9.99. The Labute approximate surface area is 159 Å². The van der Waals surface area contributed by atoms with E-state index in [2.05, 4.69) is 17.3 Å². The Kier molecular flexibility index (Phi) is 4.61. The van der Waals surface area contributed by atoms with Gasteiger partial charge in [0.2, 0.25) is 10.0 Å². The highest BCUT2D eigenvalue weighted by Gasteiger charge is 2.34. The zero-order valence-corrected chi connectivity index (χ0v) is 16.2. The van der Waals surface area contributed by atoms with E-state index in [1.54, 1.807) is 10.4 Å². The lowest BCUT2D eigenvalue weighted by molar-refractivity contribution is 0.427. The fourth-order valence-electron chi connectivity index (χ4n) is 3.61. The van der Waals surface area contributed by atoms with Gasteiger partial charge in [-0.25, -0.2) is 8.42 Å². The quantitative estimate of drug-likeness (QED) is 0.680. The minimum Gasteiger partial charge on any atom is -0.356 e. The van der Waals surface area contributed by atoms with Crippen molar-refractivity contribution in [3.63, 3.8) is 0 Å². The zero-order chi connectivity index (χ0) is 19.0. The van der Waals surface area contributed by atoms with Crippen molar-refractivity contribution in [3.8, 4) is 11.3 Å². The van der Waals surface area contributed by atoms with E-state index in [0.717, 1.165) is 23.2 Å². The molecule has 0 N–H and O–H groups in total. The van der Waals surface area contributed by atoms with Gasteiger partial charge in [-0.2, -0.15) is 4.31 Å². The predicted molar refractivity (Wildman–Crippen MR) is 104 cm³/mol. The topological polar surface area (TPSA) is 63.4 Å². The van der Waals surface area contributed by atoms with E-state index in [0.29, 0.717) is 23.7 Å². The summed E-state index contributed by atoms with van der Waals surface area (Å²) in [6, 6.07) is 17.3. The molecule has 4 rings (SSSR count). The summed E-state index contributed by atoms with van der Waals surface area (Å²) in [7, 11) is -3.56. The molecular weight excluding hydrogens is 360 g/mol. The molecular formula is C21H22N2O3S. The Hall–Kier alpha value is -2.44. The number of nitrogens with zero attached hydrogens (tertiary/aromatic N) is 2. The second-order valence-electron chi connectivity index (χ2n) is 7.07. The summed E-state index contributed by atoms with van der Waals surface area (Å²) < 4.78 is 33.5. The Balaban J connectivity index is 1.64. The normalized spacial score (nSPS) is 18.1. The molecule has 1 aromatic heterocycles. The van der Waals surface area contributed by atoms with Crippen LogP contribution in [0.15, 0.2) is 64.0 Å². The summed E-state index contributed by atoms with van der Waals surface area (Å²) >= 11 is 0. The number of aryl methyl sites for hydroxylation is 2. The van der Waals surface area contributed by atoms with Crippen LogP contribution in [-0.4, -0.2) is 31.0 Å². The van der Waals surface area contributed by atoms with E-state index in [9.17, 15) is 8.42 Å².